The van der Waals surface area contributed by atoms with Gasteiger partial charge >= 0.3 is 11.9 Å². The minimum absolute atomic E-state index is 0.0871. The molecule has 0 radical (unpaired) electrons. The Morgan fingerprint density at radius 2 is 1.69 bits per heavy atom. The fourth-order valence-electron chi connectivity index (χ4n) is 6.25. The number of hydrogen-bond acceptors (Lipinski definition) is 18. The lowest BCUT2D eigenvalue weighted by molar-refractivity contribution is -0.230. The summed E-state index contributed by atoms with van der Waals surface area (Å²) in [6.45, 7) is 5.29. The van der Waals surface area contributed by atoms with E-state index in [9.17, 15) is 24.4 Å². The Kier molecular flexibility index (Phi) is 11.2. The average molecular weight is 702 g/mol. The van der Waals surface area contributed by atoms with Gasteiger partial charge in [-0.3, -0.25) is 9.13 Å². The lowest BCUT2D eigenvalue weighted by atomic mass is 9.96. The Balaban J connectivity index is 1.37. The molecule has 5 heterocycles. The van der Waals surface area contributed by atoms with E-state index in [-0.39, 0.29) is 35.1 Å². The Bertz CT molecular complexity index is 1480. The van der Waals surface area contributed by atoms with Gasteiger partial charge in [-0.25, -0.2) is 14.6 Å². The number of aromatic nitrogens is 4. The van der Waals surface area contributed by atoms with Crippen LogP contribution in [0.15, 0.2) is 6.33 Å². The van der Waals surface area contributed by atoms with Crippen LogP contribution < -0.4 is 16.4 Å². The van der Waals surface area contributed by atoms with Crippen LogP contribution in [0.2, 0.25) is 0 Å². The van der Waals surface area contributed by atoms with Crippen LogP contribution in [0.25, 0.3) is 11.2 Å². The highest BCUT2D eigenvalue weighted by molar-refractivity contribution is 7.62. The third-order valence-corrected chi connectivity index (χ3v) is 12.4. The first-order valence-corrected chi connectivity index (χ1v) is 17.5. The van der Waals surface area contributed by atoms with Crippen LogP contribution in [0.3, 0.4) is 0 Å². The number of fused-ring (bicyclic) bond motifs is 1. The number of carbonyl (C=O) groups is 2. The Morgan fingerprint density at radius 3 is 2.25 bits per heavy atom. The number of ether oxygens (including phenoxy) is 4. The molecule has 3 aliphatic rings. The predicted molar refractivity (Wildman–Crippen MR) is 165 cm³/mol. The molecular formula is C28H44N7O12P. The first kappa shape index (κ1) is 36.3. The summed E-state index contributed by atoms with van der Waals surface area (Å²) in [5.41, 5.74) is 1.26. The minimum atomic E-state index is -4.37. The number of hydrogen-bond donors (Lipinski definition) is 4. The van der Waals surface area contributed by atoms with Crippen LogP contribution in [0.5, 0.6) is 5.88 Å². The molecule has 0 amide bonds. The molecule has 2 aromatic heterocycles. The molecule has 3 aliphatic heterocycles. The second-order valence-corrected chi connectivity index (χ2v) is 15.4. The van der Waals surface area contributed by atoms with Gasteiger partial charge in [-0.1, -0.05) is 0 Å². The van der Waals surface area contributed by atoms with Gasteiger partial charge < -0.3 is 49.1 Å². The van der Waals surface area contributed by atoms with Crippen molar-refractivity contribution in [1.29, 1.82) is 0 Å². The van der Waals surface area contributed by atoms with E-state index in [4.69, 9.17) is 39.9 Å². The largest absolute Gasteiger partial charge is 0.479 e. The molecule has 0 saturated carbocycles. The number of aliphatic hydroxyl groups excluding tert-OH is 1. The normalized spacial score (nSPS) is 28.2. The monoisotopic (exact) mass is 701 g/mol. The first-order chi connectivity index (χ1) is 22.8. The Hall–Kier alpha value is -3.00. The van der Waals surface area contributed by atoms with E-state index in [1.54, 1.807) is 5.06 Å². The summed E-state index contributed by atoms with van der Waals surface area (Å²) in [4.78, 5) is 49.1. The molecule has 6 N–H and O–H groups in total. The lowest BCUT2D eigenvalue weighted by Crippen LogP contribution is -2.50. The SMILES string of the molecule is COc1nc(N)nc2c1ncn2[C@@H]1O[C@H](COP(=O)([C@@H](C)C(=O)ON)[C@@H](C)C(=O)ON(C2CCOCC2)C2CCOCC2)[C@@H](O)[C@@]1(C)O. The van der Waals surface area contributed by atoms with Gasteiger partial charge in [0.1, 0.15) is 29.1 Å². The van der Waals surface area contributed by atoms with Crippen molar-refractivity contribution < 1.29 is 57.5 Å². The van der Waals surface area contributed by atoms with Crippen LogP contribution in [0, 0.1) is 0 Å². The zero-order valence-electron chi connectivity index (χ0n) is 27.3. The van der Waals surface area contributed by atoms with Crippen LogP contribution in [0.4, 0.5) is 5.95 Å². The fourth-order valence-corrected chi connectivity index (χ4v) is 8.44. The van der Waals surface area contributed by atoms with Crippen molar-refractivity contribution in [2.75, 3.05) is 45.9 Å². The number of imidazole rings is 1. The van der Waals surface area contributed by atoms with Gasteiger partial charge in [-0.15, -0.1) is 5.06 Å². The zero-order chi connectivity index (χ0) is 34.8. The summed E-state index contributed by atoms with van der Waals surface area (Å²) in [5, 5.41) is 24.2. The maximum atomic E-state index is 14.6. The van der Waals surface area contributed by atoms with Crippen molar-refractivity contribution >= 4 is 36.4 Å². The van der Waals surface area contributed by atoms with Crippen molar-refractivity contribution in [3.8, 4) is 5.88 Å². The smallest absolute Gasteiger partial charge is 0.337 e. The Labute approximate surface area is 276 Å². The van der Waals surface area contributed by atoms with Crippen LogP contribution in [-0.4, -0.2) is 128 Å². The van der Waals surface area contributed by atoms with Crippen LogP contribution >= 0.6 is 7.37 Å². The number of methoxy groups -OCH3 is 1. The molecule has 0 bridgehead atoms. The molecule has 0 spiro atoms. The van der Waals surface area contributed by atoms with Crippen molar-refractivity contribution in [2.45, 2.75) is 93.9 Å². The van der Waals surface area contributed by atoms with Crippen LogP contribution in [-0.2, 0) is 42.6 Å². The lowest BCUT2D eigenvalue weighted by Gasteiger charge is -2.40. The van der Waals surface area contributed by atoms with E-state index in [2.05, 4.69) is 19.8 Å². The fraction of sp³-hybridized carbons (Fsp3) is 0.750. The average Bonchev–Trinajstić information content (AvgIpc) is 3.61. The zero-order valence-corrected chi connectivity index (χ0v) is 28.2. The molecule has 3 fully saturated rings. The standard InChI is InChI=1S/C28H44N7O12P/c1-15(24(37)46-30)48(40,16(2)25(38)47-35(17-5-9-42-10-6-17)18-7-11-43-12-8-18)44-13-19-21(36)28(3,39)26(45-19)34-14-31-20-22(34)32-27(29)33-23(20)41-4/h14-19,21,26,36,39H,5-13,30H2,1-4H3,(H2,29,32,33)/t15-,16-,19+,21+,26+,28+,48?/m0/s1. The highest BCUT2D eigenvalue weighted by Crippen LogP contribution is 2.58. The van der Waals surface area contributed by atoms with E-state index in [1.807, 2.05) is 0 Å². The van der Waals surface area contributed by atoms with Gasteiger partial charge in [-0.05, 0) is 46.5 Å². The third kappa shape index (κ3) is 7.01. The maximum Gasteiger partial charge on any atom is 0.337 e. The molecule has 0 aromatic carbocycles. The highest BCUT2D eigenvalue weighted by atomic mass is 31.2. The number of anilines is 1. The third-order valence-electron chi connectivity index (χ3n) is 9.22. The number of rotatable bonds is 12. The summed E-state index contributed by atoms with van der Waals surface area (Å²) in [5.74, 6) is 3.12. The number of nitrogens with zero attached hydrogens (tertiary/aromatic N) is 5. The summed E-state index contributed by atoms with van der Waals surface area (Å²) in [6.07, 6.45) is -0.394. The number of hydroxylamine groups is 2. The second-order valence-electron chi connectivity index (χ2n) is 12.3. The molecule has 2 aromatic rings. The molecule has 5 rings (SSSR count). The van der Waals surface area contributed by atoms with E-state index in [1.165, 1.54) is 38.8 Å². The molecule has 3 saturated heterocycles. The highest BCUT2D eigenvalue weighted by Gasteiger charge is 2.55. The topological polar surface area (TPSA) is 255 Å². The number of nitrogen functional groups attached to an aromatic ring is 1. The summed E-state index contributed by atoms with van der Waals surface area (Å²) >= 11 is 0. The number of carbonyl (C=O) groups excluding carboxylic acids is 2. The van der Waals surface area contributed by atoms with Gasteiger partial charge in [0.05, 0.1) is 32.1 Å². The maximum absolute atomic E-state index is 14.6. The molecule has 1 unspecified atom stereocenters. The van der Waals surface area contributed by atoms with Crippen molar-refractivity contribution in [3.63, 3.8) is 0 Å². The van der Waals surface area contributed by atoms with Crippen molar-refractivity contribution in [2.24, 2.45) is 5.90 Å². The van der Waals surface area contributed by atoms with E-state index in [0.29, 0.717) is 52.1 Å². The summed E-state index contributed by atoms with van der Waals surface area (Å²) < 4.78 is 44.1. The molecule has 20 heteroatoms. The minimum Gasteiger partial charge on any atom is -0.479 e. The van der Waals surface area contributed by atoms with Crippen LogP contribution in [0.1, 0.15) is 52.7 Å². The van der Waals surface area contributed by atoms with Gasteiger partial charge in [0, 0.05) is 26.4 Å². The molecular weight excluding hydrogens is 657 g/mol. The molecule has 268 valence electrons. The predicted octanol–water partition coefficient (Wildman–Crippen LogP) is 0.0332. The van der Waals surface area contributed by atoms with Gasteiger partial charge in [0.2, 0.25) is 19.2 Å². The van der Waals surface area contributed by atoms with Crippen molar-refractivity contribution in [3.05, 3.63) is 6.33 Å². The summed E-state index contributed by atoms with van der Waals surface area (Å²) in [7, 11) is -3.00. The van der Waals surface area contributed by atoms with Gasteiger partial charge in [0.25, 0.3) is 0 Å². The summed E-state index contributed by atoms with van der Waals surface area (Å²) in [6, 6.07) is -0.267. The second kappa shape index (κ2) is 14.9. The van der Waals surface area contributed by atoms with E-state index >= 15 is 0 Å². The van der Waals surface area contributed by atoms with Gasteiger partial charge in [0.15, 0.2) is 17.4 Å². The van der Waals surface area contributed by atoms with Crippen molar-refractivity contribution in [1.82, 2.24) is 24.6 Å². The van der Waals surface area contributed by atoms with E-state index < -0.39 is 61.3 Å². The molecule has 48 heavy (non-hydrogen) atoms. The Morgan fingerprint density at radius 1 is 1.10 bits per heavy atom. The molecule has 0 aliphatic carbocycles. The quantitative estimate of drug-likeness (QED) is 0.168. The molecule has 19 nitrogen and oxygen atoms in total. The first-order valence-electron chi connectivity index (χ1n) is 15.7. The number of nitrogens with two attached hydrogens (primary N) is 2. The number of aliphatic hydroxyl groups is 2. The molecule has 7 atom stereocenters. The van der Waals surface area contributed by atoms with Gasteiger partial charge in [-0.2, -0.15) is 15.9 Å². The van der Waals surface area contributed by atoms with E-state index in [0.717, 1.165) is 0 Å².